The van der Waals surface area contributed by atoms with Crippen LogP contribution in [0.1, 0.15) is 112 Å². The van der Waals surface area contributed by atoms with Crippen LogP contribution in [-0.2, 0) is 35.1 Å². The molecule has 2 heterocycles. The summed E-state index contributed by atoms with van der Waals surface area (Å²) in [6.07, 6.45) is 6.61. The summed E-state index contributed by atoms with van der Waals surface area (Å²) in [5.74, 6) is 1.05. The maximum Gasteiger partial charge on any atom is 0.303 e. The van der Waals surface area contributed by atoms with E-state index in [1.54, 1.807) is 13.8 Å². The molecule has 282 valence electrons. The minimum absolute atomic E-state index is 0.0147. The minimum atomic E-state index is -1.28. The number of fused-ring (bicyclic) bond motifs is 4. The van der Waals surface area contributed by atoms with Gasteiger partial charge >= 0.3 is 5.97 Å². The Labute approximate surface area is 305 Å². The summed E-state index contributed by atoms with van der Waals surface area (Å²) in [6.45, 7) is 19.9. The van der Waals surface area contributed by atoms with E-state index in [-0.39, 0.29) is 51.7 Å². The predicted octanol–water partition coefficient (Wildman–Crippen LogP) is 6.95. The first-order chi connectivity index (χ1) is 24.0. The molecule has 51 heavy (non-hydrogen) atoms. The number of ketones is 1. The minimum Gasteiger partial charge on any atom is -0.457 e. The lowest BCUT2D eigenvalue weighted by Gasteiger charge is -2.62. The average molecular weight is 706 g/mol. The highest BCUT2D eigenvalue weighted by Crippen LogP contribution is 2.89. The van der Waals surface area contributed by atoms with Gasteiger partial charge in [0.15, 0.2) is 18.2 Å². The van der Waals surface area contributed by atoms with Gasteiger partial charge in [-0.1, -0.05) is 65.0 Å². The van der Waals surface area contributed by atoms with Crippen LogP contribution in [0.5, 0.6) is 0 Å². The number of aliphatic hydroxyl groups is 1. The summed E-state index contributed by atoms with van der Waals surface area (Å²) >= 11 is 0. The number of carbonyl (C=O) groups is 2. The van der Waals surface area contributed by atoms with E-state index in [9.17, 15) is 9.90 Å². The molecular formula is C43H63NO7. The molecule has 8 heteroatoms. The Hall–Kier alpha value is -1.84. The number of ether oxygens (including phenoxy) is 4. The number of carbonyl (C=O) groups excluding carboxylic acids is 2. The molecule has 1 aromatic rings. The Morgan fingerprint density at radius 3 is 2.45 bits per heavy atom. The van der Waals surface area contributed by atoms with Crippen LogP contribution in [0.25, 0.3) is 0 Å². The average Bonchev–Trinajstić information content (AvgIpc) is 3.70. The van der Waals surface area contributed by atoms with E-state index in [0.29, 0.717) is 24.9 Å². The van der Waals surface area contributed by atoms with Crippen molar-refractivity contribution in [2.75, 3.05) is 19.7 Å². The first kappa shape index (κ1) is 36.2. The van der Waals surface area contributed by atoms with Gasteiger partial charge in [0.25, 0.3) is 0 Å². The molecule has 5 aliphatic carbocycles. The summed E-state index contributed by atoms with van der Waals surface area (Å²) in [5, 5.41) is 11.0. The molecule has 7 aliphatic rings. The highest BCUT2D eigenvalue weighted by molar-refractivity contribution is 5.93. The van der Waals surface area contributed by atoms with E-state index in [0.717, 1.165) is 45.3 Å². The number of hydrogen-bond acceptors (Lipinski definition) is 8. The van der Waals surface area contributed by atoms with Crippen molar-refractivity contribution in [2.24, 2.45) is 50.7 Å². The zero-order chi connectivity index (χ0) is 36.4. The number of nitrogens with zero attached hydrogens (tertiary/aromatic N) is 1. The molecule has 8 nitrogen and oxygen atoms in total. The van der Waals surface area contributed by atoms with Gasteiger partial charge in [0, 0.05) is 37.9 Å². The third-order valence-corrected chi connectivity index (χ3v) is 16.5. The third kappa shape index (κ3) is 5.22. The molecule has 2 saturated heterocycles. The topological polar surface area (TPSA) is 94.5 Å². The molecule has 0 amide bonds. The predicted molar refractivity (Wildman–Crippen MR) is 193 cm³/mol. The van der Waals surface area contributed by atoms with Gasteiger partial charge in [-0.05, 0) is 110 Å². The second-order valence-electron chi connectivity index (χ2n) is 19.7. The molecule has 2 spiro atoms. The summed E-state index contributed by atoms with van der Waals surface area (Å²) in [6, 6.07) is 10.7. The first-order valence-electron chi connectivity index (χ1n) is 20.1. The smallest absolute Gasteiger partial charge is 0.303 e. The molecule has 13 unspecified atom stereocenters. The summed E-state index contributed by atoms with van der Waals surface area (Å²) in [4.78, 5) is 29.6. The Kier molecular flexibility index (Phi) is 8.56. The van der Waals surface area contributed by atoms with Crippen molar-refractivity contribution in [3.8, 4) is 0 Å². The molecule has 5 saturated carbocycles. The van der Waals surface area contributed by atoms with Gasteiger partial charge in [-0.3, -0.25) is 14.5 Å². The Morgan fingerprint density at radius 1 is 1.04 bits per heavy atom. The Morgan fingerprint density at radius 2 is 1.75 bits per heavy atom. The van der Waals surface area contributed by atoms with Crippen molar-refractivity contribution >= 4 is 11.8 Å². The number of rotatable bonds is 7. The lowest BCUT2D eigenvalue weighted by Crippen LogP contribution is -2.59. The molecule has 2 aliphatic heterocycles. The van der Waals surface area contributed by atoms with E-state index >= 15 is 4.79 Å². The van der Waals surface area contributed by atoms with Crippen molar-refractivity contribution in [3.05, 3.63) is 35.9 Å². The molecule has 1 N–H and O–H groups in total. The number of benzene rings is 1. The maximum absolute atomic E-state index is 15.1. The largest absolute Gasteiger partial charge is 0.457 e. The fourth-order valence-corrected chi connectivity index (χ4v) is 14.2. The van der Waals surface area contributed by atoms with Crippen LogP contribution < -0.4 is 0 Å². The second kappa shape index (κ2) is 12.1. The number of morpholine rings is 1. The van der Waals surface area contributed by atoms with Crippen LogP contribution in [0.2, 0.25) is 0 Å². The fourth-order valence-electron chi connectivity index (χ4n) is 14.2. The number of hydrogen-bond donors (Lipinski definition) is 1. The zero-order valence-corrected chi connectivity index (χ0v) is 32.4. The van der Waals surface area contributed by atoms with Gasteiger partial charge in [-0.2, -0.15) is 0 Å². The standard InChI is InChI=1S/C43H63NO7/c1-26-22-29(37(39(5,6)47)49-27(2)45)50-35-34(26)40(7)18-19-43-25-42(43)17-16-32(38(3,4)30(42)14-15-31(43)41(40,8)36(35)46)51-33-24-44(20-21-48-33)23-28-12-10-9-11-13-28/h9-13,26,29-35,37,47H,14-25H2,1-8H3. The molecule has 0 aromatic heterocycles. The van der Waals surface area contributed by atoms with Crippen LogP contribution in [-0.4, -0.2) is 77.8 Å². The Balaban J connectivity index is 1.00. The molecule has 0 radical (unpaired) electrons. The fraction of sp³-hybridized carbons (Fsp3) is 0.814. The normalized spacial score (nSPS) is 46.5. The van der Waals surface area contributed by atoms with Crippen molar-refractivity contribution in [1.82, 2.24) is 4.90 Å². The van der Waals surface area contributed by atoms with E-state index in [2.05, 4.69) is 69.9 Å². The van der Waals surface area contributed by atoms with Crippen molar-refractivity contribution in [3.63, 3.8) is 0 Å². The number of esters is 1. The van der Waals surface area contributed by atoms with Gasteiger partial charge in [0.1, 0.15) is 6.10 Å². The molecule has 8 rings (SSSR count). The van der Waals surface area contributed by atoms with Crippen LogP contribution >= 0.6 is 0 Å². The van der Waals surface area contributed by atoms with Gasteiger partial charge in [-0.25, -0.2) is 0 Å². The van der Waals surface area contributed by atoms with Gasteiger partial charge < -0.3 is 24.1 Å². The van der Waals surface area contributed by atoms with Crippen LogP contribution in [0.3, 0.4) is 0 Å². The molecular weight excluding hydrogens is 642 g/mol. The highest BCUT2D eigenvalue weighted by atomic mass is 16.7. The quantitative estimate of drug-likeness (QED) is 0.305. The van der Waals surface area contributed by atoms with Gasteiger partial charge in [-0.15, -0.1) is 0 Å². The maximum atomic E-state index is 15.1. The molecule has 0 bridgehead atoms. The van der Waals surface area contributed by atoms with E-state index in [4.69, 9.17) is 18.9 Å². The van der Waals surface area contributed by atoms with Crippen LogP contribution in [0.15, 0.2) is 30.3 Å². The third-order valence-electron chi connectivity index (χ3n) is 16.5. The molecule has 7 fully saturated rings. The van der Waals surface area contributed by atoms with E-state index < -0.39 is 35.3 Å². The monoisotopic (exact) mass is 705 g/mol. The van der Waals surface area contributed by atoms with Gasteiger partial charge in [0.05, 0.1) is 24.4 Å². The lowest BCUT2D eigenvalue weighted by molar-refractivity contribution is -0.247. The van der Waals surface area contributed by atoms with E-state index in [1.807, 2.05) is 0 Å². The lowest BCUT2D eigenvalue weighted by atomic mass is 9.41. The van der Waals surface area contributed by atoms with Crippen molar-refractivity contribution in [1.29, 1.82) is 0 Å². The molecule has 1 aromatic carbocycles. The SMILES string of the molecule is CC(=O)OC(C1CC(C)C2C(O1)C(=O)C1(C)C3CCC4C(C)(C)C(OC5CN(Cc6ccccc6)CCO5)CCC45CC35CCC21C)C(C)(C)O. The summed E-state index contributed by atoms with van der Waals surface area (Å²) < 4.78 is 25.7. The van der Waals surface area contributed by atoms with Crippen molar-refractivity contribution < 1.29 is 33.6 Å². The summed E-state index contributed by atoms with van der Waals surface area (Å²) in [5.41, 5.74) is -0.113. The van der Waals surface area contributed by atoms with E-state index in [1.165, 1.54) is 31.7 Å². The highest BCUT2D eigenvalue weighted by Gasteiger charge is 2.85. The number of Topliss-reactive ketones (excluding diaryl/α,β-unsaturated/α-hetero) is 1. The zero-order valence-electron chi connectivity index (χ0n) is 32.4. The molecule has 13 atom stereocenters. The second-order valence-corrected chi connectivity index (χ2v) is 19.7. The first-order valence-corrected chi connectivity index (χ1v) is 20.1. The van der Waals surface area contributed by atoms with Crippen LogP contribution in [0.4, 0.5) is 0 Å². The summed E-state index contributed by atoms with van der Waals surface area (Å²) in [7, 11) is 0. The van der Waals surface area contributed by atoms with Crippen LogP contribution in [0, 0.1) is 50.7 Å². The van der Waals surface area contributed by atoms with Crippen molar-refractivity contribution in [2.45, 2.75) is 150 Å². The Bertz CT molecular complexity index is 1520. The van der Waals surface area contributed by atoms with Gasteiger partial charge in [0.2, 0.25) is 0 Å².